The molecule has 0 aromatic rings. The number of ether oxygens (including phenoxy) is 1. The second-order valence-corrected chi connectivity index (χ2v) is 4.94. The topological polar surface area (TPSA) is 70.7 Å². The van der Waals surface area contributed by atoms with Gasteiger partial charge in [-0.1, -0.05) is 0 Å². The van der Waals surface area contributed by atoms with Crippen LogP contribution >= 0.6 is 0 Å². The maximum absolute atomic E-state index is 12.4. The van der Waals surface area contributed by atoms with Crippen molar-refractivity contribution >= 4 is 11.8 Å². The molecule has 2 aliphatic rings. The minimum Gasteiger partial charge on any atom is -0.358 e. The number of nitrogens with zero attached hydrogens (tertiary/aromatic N) is 1. The van der Waals surface area contributed by atoms with Crippen molar-refractivity contribution in [3.63, 3.8) is 0 Å². The van der Waals surface area contributed by atoms with Crippen LogP contribution in [0.15, 0.2) is 0 Å². The van der Waals surface area contributed by atoms with Crippen LogP contribution in [-0.2, 0) is 14.3 Å². The van der Waals surface area contributed by atoms with Gasteiger partial charge in [0.25, 0.3) is 0 Å². The third-order valence-electron chi connectivity index (χ3n) is 3.56. The predicted octanol–water partition coefficient (Wildman–Crippen LogP) is -0.552. The van der Waals surface area contributed by atoms with Crippen molar-refractivity contribution in [2.75, 3.05) is 20.2 Å². The first-order chi connectivity index (χ1) is 8.63. The minimum atomic E-state index is -0.448. The van der Waals surface area contributed by atoms with Gasteiger partial charge in [0, 0.05) is 12.5 Å². The van der Waals surface area contributed by atoms with E-state index in [4.69, 9.17) is 4.74 Å². The quantitative estimate of drug-likeness (QED) is 0.710. The maximum Gasteiger partial charge on any atom is 0.247 e. The van der Waals surface area contributed by atoms with E-state index in [2.05, 4.69) is 10.6 Å². The lowest BCUT2D eigenvalue weighted by atomic mass is 10.1. The van der Waals surface area contributed by atoms with E-state index in [-0.39, 0.29) is 30.6 Å². The molecule has 2 rings (SSSR count). The van der Waals surface area contributed by atoms with Gasteiger partial charge >= 0.3 is 0 Å². The summed E-state index contributed by atoms with van der Waals surface area (Å²) in [6.45, 7) is 2.77. The molecule has 18 heavy (non-hydrogen) atoms. The van der Waals surface area contributed by atoms with Gasteiger partial charge in [-0.2, -0.15) is 0 Å². The van der Waals surface area contributed by atoms with Crippen molar-refractivity contribution in [3.8, 4) is 0 Å². The Morgan fingerprint density at radius 2 is 2.22 bits per heavy atom. The van der Waals surface area contributed by atoms with Crippen LogP contribution in [0, 0.1) is 0 Å². The van der Waals surface area contributed by atoms with Gasteiger partial charge in [0.1, 0.15) is 12.3 Å². The average molecular weight is 255 g/mol. The molecule has 0 saturated carbocycles. The molecule has 102 valence electrons. The van der Waals surface area contributed by atoms with Gasteiger partial charge < -0.3 is 20.3 Å². The summed E-state index contributed by atoms with van der Waals surface area (Å²) in [4.78, 5) is 25.7. The number of carbonyl (C=O) groups excluding carboxylic acids is 2. The van der Waals surface area contributed by atoms with Crippen LogP contribution in [0.1, 0.15) is 26.2 Å². The molecule has 0 aliphatic carbocycles. The molecule has 0 aromatic carbocycles. The highest BCUT2D eigenvalue weighted by molar-refractivity contribution is 5.88. The number of rotatable bonds is 3. The maximum atomic E-state index is 12.4. The number of nitrogens with one attached hydrogen (secondary N) is 2. The third kappa shape index (κ3) is 2.64. The van der Waals surface area contributed by atoms with Crippen molar-refractivity contribution in [1.29, 1.82) is 0 Å². The Morgan fingerprint density at radius 1 is 1.44 bits per heavy atom. The Labute approximate surface area is 107 Å². The first kappa shape index (κ1) is 13.3. The molecule has 2 N–H and O–H groups in total. The Bertz CT molecular complexity index is 335. The normalized spacial score (nSPS) is 32.0. The van der Waals surface area contributed by atoms with Crippen molar-refractivity contribution in [3.05, 3.63) is 0 Å². The van der Waals surface area contributed by atoms with Gasteiger partial charge in [-0.3, -0.25) is 9.59 Å². The number of hydrogen-bond acceptors (Lipinski definition) is 4. The van der Waals surface area contributed by atoms with E-state index in [1.807, 2.05) is 6.92 Å². The summed E-state index contributed by atoms with van der Waals surface area (Å²) >= 11 is 0. The second-order valence-electron chi connectivity index (χ2n) is 4.94. The van der Waals surface area contributed by atoms with Crippen molar-refractivity contribution in [2.24, 2.45) is 0 Å². The second kappa shape index (κ2) is 5.67. The molecule has 2 fully saturated rings. The molecule has 6 heteroatoms. The fourth-order valence-electron chi connectivity index (χ4n) is 2.63. The fraction of sp³-hybridized carbons (Fsp3) is 0.833. The Balaban J connectivity index is 2.03. The van der Waals surface area contributed by atoms with Gasteiger partial charge in [-0.05, 0) is 26.8 Å². The Kier molecular flexibility index (Phi) is 4.19. The van der Waals surface area contributed by atoms with Crippen LogP contribution in [0.5, 0.6) is 0 Å². The molecule has 2 heterocycles. The zero-order valence-electron chi connectivity index (χ0n) is 10.9. The highest BCUT2D eigenvalue weighted by atomic mass is 16.5. The zero-order chi connectivity index (χ0) is 13.1. The molecule has 2 amide bonds. The largest absolute Gasteiger partial charge is 0.358 e. The van der Waals surface area contributed by atoms with E-state index in [9.17, 15) is 9.59 Å². The number of carbonyl (C=O) groups is 2. The zero-order valence-corrected chi connectivity index (χ0v) is 10.9. The Hall–Kier alpha value is -1.14. The van der Waals surface area contributed by atoms with E-state index in [0.717, 1.165) is 12.8 Å². The summed E-state index contributed by atoms with van der Waals surface area (Å²) < 4.78 is 5.68. The summed E-state index contributed by atoms with van der Waals surface area (Å²) in [6.07, 6.45) is 2.31. The highest BCUT2D eigenvalue weighted by Gasteiger charge is 2.40. The lowest BCUT2D eigenvalue weighted by Crippen LogP contribution is -2.51. The smallest absolute Gasteiger partial charge is 0.247 e. The van der Waals surface area contributed by atoms with E-state index < -0.39 is 6.04 Å². The van der Waals surface area contributed by atoms with Crippen molar-refractivity contribution < 1.29 is 14.3 Å². The van der Waals surface area contributed by atoms with Crippen molar-refractivity contribution in [1.82, 2.24) is 15.5 Å². The molecule has 0 bridgehead atoms. The van der Waals surface area contributed by atoms with Crippen molar-refractivity contribution in [2.45, 2.75) is 44.5 Å². The molecular weight excluding hydrogens is 234 g/mol. The molecule has 2 unspecified atom stereocenters. The van der Waals surface area contributed by atoms with E-state index >= 15 is 0 Å². The number of fused-ring (bicyclic) bond motifs is 1. The summed E-state index contributed by atoms with van der Waals surface area (Å²) in [5, 5.41) is 5.54. The average Bonchev–Trinajstić information content (AvgIpc) is 2.61. The van der Waals surface area contributed by atoms with Crippen LogP contribution in [0.2, 0.25) is 0 Å². The van der Waals surface area contributed by atoms with Crippen LogP contribution < -0.4 is 10.6 Å². The SMILES string of the molecule is CNCC(=O)N[C@H]1CCOC2CCC(C)N2C1=O. The number of amides is 2. The van der Waals surface area contributed by atoms with Crippen LogP contribution in [-0.4, -0.2) is 55.2 Å². The molecule has 0 spiro atoms. The van der Waals surface area contributed by atoms with Gasteiger partial charge in [0.15, 0.2) is 0 Å². The summed E-state index contributed by atoms with van der Waals surface area (Å²) in [5.41, 5.74) is 0. The minimum absolute atomic E-state index is 0.00745. The molecule has 0 aromatic heterocycles. The summed E-state index contributed by atoms with van der Waals surface area (Å²) in [5.74, 6) is -0.159. The lowest BCUT2D eigenvalue weighted by molar-refractivity contribution is -0.143. The molecule has 6 nitrogen and oxygen atoms in total. The summed E-state index contributed by atoms with van der Waals surface area (Å²) in [6, 6.07) is -0.249. The number of likely N-dealkylation sites (N-methyl/N-ethyl adjacent to an activating group) is 1. The standard InChI is InChI=1S/C12H21N3O3/c1-8-3-4-11-15(8)12(17)9(5-6-18-11)14-10(16)7-13-2/h8-9,11,13H,3-7H2,1-2H3,(H,14,16)/t8?,9-,11?/m0/s1. The van der Waals surface area contributed by atoms with E-state index in [0.29, 0.717) is 13.0 Å². The third-order valence-corrected chi connectivity index (χ3v) is 3.56. The van der Waals surface area contributed by atoms with Crippen LogP contribution in [0.3, 0.4) is 0 Å². The highest BCUT2D eigenvalue weighted by Crippen LogP contribution is 2.28. The summed E-state index contributed by atoms with van der Waals surface area (Å²) in [7, 11) is 1.70. The van der Waals surface area contributed by atoms with Gasteiger partial charge in [-0.15, -0.1) is 0 Å². The van der Waals surface area contributed by atoms with E-state index in [1.165, 1.54) is 0 Å². The molecular formula is C12H21N3O3. The van der Waals surface area contributed by atoms with Crippen LogP contribution in [0.25, 0.3) is 0 Å². The molecule has 2 aliphatic heterocycles. The van der Waals surface area contributed by atoms with Gasteiger partial charge in [0.2, 0.25) is 11.8 Å². The fourth-order valence-corrected chi connectivity index (χ4v) is 2.63. The van der Waals surface area contributed by atoms with Gasteiger partial charge in [0.05, 0.1) is 13.2 Å². The van der Waals surface area contributed by atoms with E-state index in [1.54, 1.807) is 11.9 Å². The Morgan fingerprint density at radius 3 is 2.94 bits per heavy atom. The number of hydrogen-bond donors (Lipinski definition) is 2. The molecule has 0 radical (unpaired) electrons. The monoisotopic (exact) mass is 255 g/mol. The first-order valence-corrected chi connectivity index (χ1v) is 6.51. The lowest BCUT2D eigenvalue weighted by Gasteiger charge is -2.28. The first-order valence-electron chi connectivity index (χ1n) is 6.51. The molecule has 2 saturated heterocycles. The predicted molar refractivity (Wildman–Crippen MR) is 65.8 cm³/mol. The van der Waals surface area contributed by atoms with Crippen LogP contribution in [0.4, 0.5) is 0 Å². The van der Waals surface area contributed by atoms with Gasteiger partial charge in [-0.25, -0.2) is 0 Å². The molecule has 3 atom stereocenters.